The zero-order valence-electron chi connectivity index (χ0n) is 15.6. The molecule has 6 nitrogen and oxygen atoms in total. The Bertz CT molecular complexity index is 613. The molecule has 25 heavy (non-hydrogen) atoms. The Hall–Kier alpha value is -2.24. The summed E-state index contributed by atoms with van der Waals surface area (Å²) in [5.74, 6) is 1.31. The van der Waals surface area contributed by atoms with Gasteiger partial charge in [0.25, 0.3) is 0 Å². The number of rotatable bonds is 8. The number of carbonyl (C=O) groups is 2. The van der Waals surface area contributed by atoms with Crippen LogP contribution in [0.25, 0.3) is 0 Å². The van der Waals surface area contributed by atoms with Crippen LogP contribution < -0.4 is 9.47 Å². The van der Waals surface area contributed by atoms with Crippen molar-refractivity contribution in [3.05, 3.63) is 23.8 Å². The monoisotopic (exact) mass is 348 g/mol. The molecule has 1 saturated heterocycles. The highest BCUT2D eigenvalue weighted by Crippen LogP contribution is 2.28. The first-order chi connectivity index (χ1) is 12.0. The summed E-state index contributed by atoms with van der Waals surface area (Å²) in [6.45, 7) is 6.43. The fourth-order valence-corrected chi connectivity index (χ4v) is 3.25. The molecule has 1 fully saturated rings. The average Bonchev–Trinajstić information content (AvgIpc) is 3.01. The van der Waals surface area contributed by atoms with E-state index in [4.69, 9.17) is 9.47 Å². The van der Waals surface area contributed by atoms with Gasteiger partial charge in [-0.1, -0.05) is 6.07 Å². The molecule has 0 unspecified atom stereocenters. The van der Waals surface area contributed by atoms with Crippen molar-refractivity contribution in [2.24, 2.45) is 5.92 Å². The molecule has 0 aliphatic carbocycles. The van der Waals surface area contributed by atoms with Crippen LogP contribution in [0.2, 0.25) is 0 Å². The molecule has 138 valence electrons. The van der Waals surface area contributed by atoms with Crippen molar-refractivity contribution in [2.45, 2.75) is 26.7 Å². The second-order valence-electron chi connectivity index (χ2n) is 6.19. The van der Waals surface area contributed by atoms with Crippen LogP contribution in [-0.2, 0) is 16.0 Å². The van der Waals surface area contributed by atoms with E-state index in [0.29, 0.717) is 44.1 Å². The van der Waals surface area contributed by atoms with Gasteiger partial charge in [-0.15, -0.1) is 0 Å². The first-order valence-corrected chi connectivity index (χ1v) is 8.81. The molecule has 2 rings (SSSR count). The SMILES string of the molecule is CCN(CC)C(=O)[C@@H]1CC(=O)N(CCc2ccc(OC)c(OC)c2)C1. The van der Waals surface area contributed by atoms with Crippen molar-refractivity contribution in [1.29, 1.82) is 0 Å². The fourth-order valence-electron chi connectivity index (χ4n) is 3.25. The van der Waals surface area contributed by atoms with Gasteiger partial charge in [-0.2, -0.15) is 0 Å². The van der Waals surface area contributed by atoms with Crippen LogP contribution in [0.5, 0.6) is 11.5 Å². The maximum atomic E-state index is 12.4. The van der Waals surface area contributed by atoms with E-state index in [2.05, 4.69) is 0 Å². The first-order valence-electron chi connectivity index (χ1n) is 8.81. The molecule has 1 heterocycles. The molecule has 0 saturated carbocycles. The van der Waals surface area contributed by atoms with Gasteiger partial charge < -0.3 is 19.3 Å². The Kier molecular flexibility index (Phi) is 6.67. The molecule has 6 heteroatoms. The predicted molar refractivity (Wildman–Crippen MR) is 95.9 cm³/mol. The van der Waals surface area contributed by atoms with E-state index in [0.717, 1.165) is 12.0 Å². The highest BCUT2D eigenvalue weighted by Gasteiger charge is 2.35. The Balaban J connectivity index is 1.95. The van der Waals surface area contributed by atoms with Crippen molar-refractivity contribution in [1.82, 2.24) is 9.80 Å². The Morgan fingerprint density at radius 1 is 1.20 bits per heavy atom. The van der Waals surface area contributed by atoms with Gasteiger partial charge >= 0.3 is 0 Å². The highest BCUT2D eigenvalue weighted by molar-refractivity contribution is 5.89. The number of likely N-dealkylation sites (tertiary alicyclic amines) is 1. The van der Waals surface area contributed by atoms with Crippen molar-refractivity contribution in [3.8, 4) is 11.5 Å². The minimum absolute atomic E-state index is 0.0611. The van der Waals surface area contributed by atoms with Gasteiger partial charge in [0.1, 0.15) is 0 Å². The van der Waals surface area contributed by atoms with Gasteiger partial charge in [-0.25, -0.2) is 0 Å². The van der Waals surface area contributed by atoms with E-state index >= 15 is 0 Å². The maximum absolute atomic E-state index is 12.4. The topological polar surface area (TPSA) is 59.1 Å². The second-order valence-corrected chi connectivity index (χ2v) is 6.19. The number of methoxy groups -OCH3 is 2. The quantitative estimate of drug-likeness (QED) is 0.721. The average molecular weight is 348 g/mol. The molecule has 0 radical (unpaired) electrons. The minimum Gasteiger partial charge on any atom is -0.493 e. The zero-order chi connectivity index (χ0) is 18.4. The number of nitrogens with zero attached hydrogens (tertiary/aromatic N) is 2. The number of benzene rings is 1. The minimum atomic E-state index is -0.210. The predicted octanol–water partition coefficient (Wildman–Crippen LogP) is 1.96. The smallest absolute Gasteiger partial charge is 0.227 e. The number of amides is 2. The molecular weight excluding hydrogens is 320 g/mol. The van der Waals surface area contributed by atoms with Gasteiger partial charge in [-0.05, 0) is 38.0 Å². The molecular formula is C19H28N2O4. The molecule has 0 spiro atoms. The standard InChI is InChI=1S/C19H28N2O4/c1-5-20(6-2)19(23)15-12-18(22)21(13-15)10-9-14-7-8-16(24-3)17(11-14)25-4/h7-8,11,15H,5-6,9-10,12-13H2,1-4H3/t15-/m1/s1. The van der Waals surface area contributed by atoms with Gasteiger partial charge in [-0.3, -0.25) is 9.59 Å². The molecule has 1 aromatic carbocycles. The number of ether oxygens (including phenoxy) is 2. The van der Waals surface area contributed by atoms with Gasteiger partial charge in [0.2, 0.25) is 11.8 Å². The summed E-state index contributed by atoms with van der Waals surface area (Å²) in [7, 11) is 3.21. The Morgan fingerprint density at radius 3 is 2.48 bits per heavy atom. The molecule has 0 N–H and O–H groups in total. The first kappa shape index (κ1) is 19.1. The summed E-state index contributed by atoms with van der Waals surface area (Å²) < 4.78 is 10.6. The maximum Gasteiger partial charge on any atom is 0.227 e. The lowest BCUT2D eigenvalue weighted by atomic mass is 10.1. The highest BCUT2D eigenvalue weighted by atomic mass is 16.5. The van der Waals surface area contributed by atoms with Crippen LogP contribution in [0.15, 0.2) is 18.2 Å². The van der Waals surface area contributed by atoms with Crippen molar-refractivity contribution < 1.29 is 19.1 Å². The third kappa shape index (κ3) is 4.44. The van der Waals surface area contributed by atoms with Crippen LogP contribution in [0.1, 0.15) is 25.8 Å². The van der Waals surface area contributed by atoms with Crippen molar-refractivity contribution in [2.75, 3.05) is 40.4 Å². The second kappa shape index (κ2) is 8.74. The van der Waals surface area contributed by atoms with E-state index in [1.807, 2.05) is 32.0 Å². The lowest BCUT2D eigenvalue weighted by Gasteiger charge is -2.22. The van der Waals surface area contributed by atoms with Gasteiger partial charge in [0, 0.05) is 32.6 Å². The van der Waals surface area contributed by atoms with Crippen LogP contribution in [0.4, 0.5) is 0 Å². The largest absolute Gasteiger partial charge is 0.493 e. The van der Waals surface area contributed by atoms with Crippen molar-refractivity contribution >= 4 is 11.8 Å². The summed E-state index contributed by atoms with van der Waals surface area (Å²) in [4.78, 5) is 28.3. The fraction of sp³-hybridized carbons (Fsp3) is 0.579. The lowest BCUT2D eigenvalue weighted by Crippen LogP contribution is -2.37. The van der Waals surface area contributed by atoms with Gasteiger partial charge in [0.15, 0.2) is 11.5 Å². The molecule has 2 amide bonds. The summed E-state index contributed by atoms with van der Waals surface area (Å²) in [6, 6.07) is 5.77. The summed E-state index contributed by atoms with van der Waals surface area (Å²) >= 11 is 0. The summed E-state index contributed by atoms with van der Waals surface area (Å²) in [5.41, 5.74) is 1.07. The van der Waals surface area contributed by atoms with Crippen molar-refractivity contribution in [3.63, 3.8) is 0 Å². The van der Waals surface area contributed by atoms with E-state index in [9.17, 15) is 9.59 Å². The summed E-state index contributed by atoms with van der Waals surface area (Å²) in [5, 5.41) is 0. The van der Waals surface area contributed by atoms with E-state index in [1.54, 1.807) is 24.0 Å². The van der Waals surface area contributed by atoms with Crippen LogP contribution in [-0.4, -0.2) is 62.0 Å². The molecule has 1 aliphatic rings. The molecule has 0 bridgehead atoms. The molecule has 1 aliphatic heterocycles. The van der Waals surface area contributed by atoms with Gasteiger partial charge in [0.05, 0.1) is 20.1 Å². The van der Waals surface area contributed by atoms with Crippen LogP contribution >= 0.6 is 0 Å². The number of hydrogen-bond donors (Lipinski definition) is 0. The third-order valence-corrected chi connectivity index (χ3v) is 4.76. The Labute approximate surface area is 149 Å². The van der Waals surface area contributed by atoms with E-state index in [1.165, 1.54) is 0 Å². The van der Waals surface area contributed by atoms with E-state index in [-0.39, 0.29) is 17.7 Å². The normalized spacial score (nSPS) is 16.9. The zero-order valence-corrected chi connectivity index (χ0v) is 15.6. The Morgan fingerprint density at radius 2 is 1.88 bits per heavy atom. The molecule has 1 atom stereocenters. The van der Waals surface area contributed by atoms with E-state index < -0.39 is 0 Å². The van der Waals surface area contributed by atoms with Crippen LogP contribution in [0.3, 0.4) is 0 Å². The third-order valence-electron chi connectivity index (χ3n) is 4.76. The number of carbonyl (C=O) groups excluding carboxylic acids is 2. The molecule has 1 aromatic rings. The van der Waals surface area contributed by atoms with Crippen LogP contribution in [0, 0.1) is 5.92 Å². The lowest BCUT2D eigenvalue weighted by molar-refractivity contribution is -0.135. The number of hydrogen-bond acceptors (Lipinski definition) is 4. The molecule has 0 aromatic heterocycles. The summed E-state index contributed by atoms with van der Waals surface area (Å²) in [6.07, 6.45) is 1.04.